The lowest BCUT2D eigenvalue weighted by atomic mass is 9.94. The van der Waals surface area contributed by atoms with Crippen LogP contribution in [0.3, 0.4) is 0 Å². The number of carbonyl (C=O) groups excluding carboxylic acids is 2. The summed E-state index contributed by atoms with van der Waals surface area (Å²) in [6.45, 7) is 0. The van der Waals surface area contributed by atoms with E-state index in [1.807, 2.05) is 24.1 Å². The van der Waals surface area contributed by atoms with Crippen LogP contribution in [0.15, 0.2) is 42.5 Å². The Kier molecular flexibility index (Phi) is 7.75. The SMILES string of the molecule is COc1ccc(CCC(=O)Nc2ccc(C(=O)N(C)C3CCCCC3)cc2)cc1Cl. The van der Waals surface area contributed by atoms with Crippen molar-refractivity contribution in [2.75, 3.05) is 19.5 Å². The van der Waals surface area contributed by atoms with Crippen LogP contribution in [0.2, 0.25) is 5.02 Å². The van der Waals surface area contributed by atoms with Crippen molar-refractivity contribution >= 4 is 29.1 Å². The van der Waals surface area contributed by atoms with Crippen molar-refractivity contribution < 1.29 is 14.3 Å². The summed E-state index contributed by atoms with van der Waals surface area (Å²) < 4.78 is 5.14. The average Bonchev–Trinajstić information content (AvgIpc) is 2.78. The molecule has 1 aliphatic rings. The molecule has 1 N–H and O–H groups in total. The normalized spacial score (nSPS) is 14.2. The maximum atomic E-state index is 12.7. The fourth-order valence-electron chi connectivity index (χ4n) is 3.88. The van der Waals surface area contributed by atoms with E-state index in [1.165, 1.54) is 19.3 Å². The number of carbonyl (C=O) groups is 2. The van der Waals surface area contributed by atoms with Crippen LogP contribution in [0.4, 0.5) is 5.69 Å². The van der Waals surface area contributed by atoms with Crippen molar-refractivity contribution in [3.63, 3.8) is 0 Å². The van der Waals surface area contributed by atoms with Gasteiger partial charge in [0.2, 0.25) is 5.91 Å². The highest BCUT2D eigenvalue weighted by atomic mass is 35.5. The highest BCUT2D eigenvalue weighted by Gasteiger charge is 2.22. The van der Waals surface area contributed by atoms with Crippen molar-refractivity contribution in [3.8, 4) is 5.75 Å². The Balaban J connectivity index is 1.51. The van der Waals surface area contributed by atoms with Crippen LogP contribution in [0.1, 0.15) is 54.4 Å². The molecule has 0 heterocycles. The average molecular weight is 429 g/mol. The molecule has 6 heteroatoms. The van der Waals surface area contributed by atoms with Gasteiger partial charge in [-0.05, 0) is 61.2 Å². The number of halogens is 1. The summed E-state index contributed by atoms with van der Waals surface area (Å²) in [5.74, 6) is 0.574. The molecule has 0 aliphatic heterocycles. The second-order valence-corrected chi connectivity index (χ2v) is 8.21. The van der Waals surface area contributed by atoms with Crippen LogP contribution in [-0.4, -0.2) is 36.9 Å². The molecule has 0 bridgehead atoms. The van der Waals surface area contributed by atoms with Crippen LogP contribution in [0, 0.1) is 0 Å². The van der Waals surface area contributed by atoms with E-state index in [0.717, 1.165) is 18.4 Å². The van der Waals surface area contributed by atoms with Gasteiger partial charge in [0.05, 0.1) is 12.1 Å². The maximum Gasteiger partial charge on any atom is 0.253 e. The van der Waals surface area contributed by atoms with E-state index in [0.29, 0.717) is 40.9 Å². The van der Waals surface area contributed by atoms with Crippen molar-refractivity contribution in [2.45, 2.75) is 51.0 Å². The molecule has 1 saturated carbocycles. The molecule has 0 aromatic heterocycles. The summed E-state index contributed by atoms with van der Waals surface area (Å²) in [5, 5.41) is 3.42. The third-order valence-corrected chi connectivity index (χ3v) is 6.01. The van der Waals surface area contributed by atoms with E-state index < -0.39 is 0 Å². The van der Waals surface area contributed by atoms with Gasteiger partial charge < -0.3 is 15.0 Å². The van der Waals surface area contributed by atoms with Gasteiger partial charge in [-0.15, -0.1) is 0 Å². The maximum absolute atomic E-state index is 12.7. The molecule has 1 fully saturated rings. The van der Waals surface area contributed by atoms with Crippen LogP contribution in [0.5, 0.6) is 5.75 Å². The number of hydrogen-bond donors (Lipinski definition) is 1. The van der Waals surface area contributed by atoms with Gasteiger partial charge in [0.25, 0.3) is 5.91 Å². The lowest BCUT2D eigenvalue weighted by Gasteiger charge is -2.31. The summed E-state index contributed by atoms with van der Waals surface area (Å²) >= 11 is 6.13. The van der Waals surface area contributed by atoms with Gasteiger partial charge in [-0.2, -0.15) is 0 Å². The fourth-order valence-corrected chi connectivity index (χ4v) is 4.16. The Bertz CT molecular complexity index is 877. The zero-order chi connectivity index (χ0) is 21.5. The Labute approximate surface area is 183 Å². The lowest BCUT2D eigenvalue weighted by molar-refractivity contribution is -0.116. The second-order valence-electron chi connectivity index (χ2n) is 7.80. The van der Waals surface area contributed by atoms with Crippen molar-refractivity contribution in [3.05, 3.63) is 58.6 Å². The molecule has 160 valence electrons. The van der Waals surface area contributed by atoms with E-state index in [2.05, 4.69) is 5.32 Å². The minimum atomic E-state index is -0.0830. The number of nitrogens with zero attached hydrogens (tertiary/aromatic N) is 1. The van der Waals surface area contributed by atoms with Crippen LogP contribution < -0.4 is 10.1 Å². The summed E-state index contributed by atoms with van der Waals surface area (Å²) in [6.07, 6.45) is 6.72. The minimum Gasteiger partial charge on any atom is -0.495 e. The van der Waals surface area contributed by atoms with Gasteiger partial charge in [-0.25, -0.2) is 0 Å². The van der Waals surface area contributed by atoms with Gasteiger partial charge in [0.1, 0.15) is 5.75 Å². The Morgan fingerprint density at radius 1 is 1.10 bits per heavy atom. The largest absolute Gasteiger partial charge is 0.495 e. The minimum absolute atomic E-state index is 0.0381. The number of benzene rings is 2. The molecule has 30 heavy (non-hydrogen) atoms. The molecule has 1 aliphatic carbocycles. The fraction of sp³-hybridized carbons (Fsp3) is 0.417. The molecule has 2 aromatic rings. The smallest absolute Gasteiger partial charge is 0.253 e. The molecule has 5 nitrogen and oxygen atoms in total. The number of amides is 2. The molecule has 0 unspecified atom stereocenters. The summed E-state index contributed by atoms with van der Waals surface area (Å²) in [7, 11) is 3.46. The number of hydrogen-bond acceptors (Lipinski definition) is 3. The number of nitrogens with one attached hydrogen (secondary N) is 1. The number of anilines is 1. The number of aryl methyl sites for hydroxylation is 1. The van der Waals surface area contributed by atoms with Crippen molar-refractivity contribution in [1.29, 1.82) is 0 Å². The standard InChI is InChI=1S/C24H29ClN2O3/c1-27(20-6-4-3-5-7-20)24(29)18-10-12-19(13-11-18)26-23(28)15-9-17-8-14-22(30-2)21(25)16-17/h8,10-14,16,20H,3-7,9,15H2,1-2H3,(H,26,28). The lowest BCUT2D eigenvalue weighted by Crippen LogP contribution is -2.38. The van der Waals surface area contributed by atoms with Gasteiger partial charge in [0.15, 0.2) is 0 Å². The molecular weight excluding hydrogens is 400 g/mol. The van der Waals surface area contributed by atoms with Crippen LogP contribution in [-0.2, 0) is 11.2 Å². The van der Waals surface area contributed by atoms with Crippen molar-refractivity contribution in [1.82, 2.24) is 4.90 Å². The van der Waals surface area contributed by atoms with Gasteiger partial charge in [-0.1, -0.05) is 36.9 Å². The van der Waals surface area contributed by atoms with E-state index in [9.17, 15) is 9.59 Å². The van der Waals surface area contributed by atoms with E-state index in [-0.39, 0.29) is 11.8 Å². The zero-order valence-corrected chi connectivity index (χ0v) is 18.4. The highest BCUT2D eigenvalue weighted by Crippen LogP contribution is 2.26. The first-order chi connectivity index (χ1) is 14.5. The molecule has 2 aromatic carbocycles. The number of methoxy groups -OCH3 is 1. The van der Waals surface area contributed by atoms with Crippen LogP contribution >= 0.6 is 11.6 Å². The van der Waals surface area contributed by atoms with E-state index in [1.54, 1.807) is 37.4 Å². The highest BCUT2D eigenvalue weighted by molar-refractivity contribution is 6.32. The van der Waals surface area contributed by atoms with E-state index >= 15 is 0 Å². The number of ether oxygens (including phenoxy) is 1. The molecule has 0 atom stereocenters. The quantitative estimate of drug-likeness (QED) is 0.648. The zero-order valence-electron chi connectivity index (χ0n) is 17.6. The summed E-state index contributed by atoms with van der Waals surface area (Å²) in [5.41, 5.74) is 2.31. The first kappa shape index (κ1) is 22.2. The predicted octanol–water partition coefficient (Wildman–Crippen LogP) is 5.32. The molecular formula is C24H29ClN2O3. The van der Waals surface area contributed by atoms with Crippen molar-refractivity contribution in [2.24, 2.45) is 0 Å². The molecule has 2 amide bonds. The molecule has 0 spiro atoms. The van der Waals surface area contributed by atoms with Gasteiger partial charge in [-0.3, -0.25) is 9.59 Å². The molecule has 3 rings (SSSR count). The topological polar surface area (TPSA) is 58.6 Å². The van der Waals surface area contributed by atoms with Gasteiger partial charge >= 0.3 is 0 Å². The Morgan fingerprint density at radius 3 is 2.43 bits per heavy atom. The first-order valence-electron chi connectivity index (χ1n) is 10.5. The molecule has 0 saturated heterocycles. The third-order valence-electron chi connectivity index (χ3n) is 5.72. The van der Waals surface area contributed by atoms with E-state index in [4.69, 9.17) is 16.3 Å². The number of rotatable bonds is 7. The Hall–Kier alpha value is -2.53. The second kappa shape index (κ2) is 10.5. The monoisotopic (exact) mass is 428 g/mol. The molecule has 0 radical (unpaired) electrons. The summed E-state index contributed by atoms with van der Waals surface area (Å²) in [6, 6.07) is 13.0. The summed E-state index contributed by atoms with van der Waals surface area (Å²) in [4.78, 5) is 26.9. The third kappa shape index (κ3) is 5.76. The Morgan fingerprint density at radius 2 is 1.80 bits per heavy atom. The predicted molar refractivity (Wildman–Crippen MR) is 120 cm³/mol. The van der Waals surface area contributed by atoms with Gasteiger partial charge in [0, 0.05) is 30.8 Å². The first-order valence-corrected chi connectivity index (χ1v) is 10.8. The van der Waals surface area contributed by atoms with Crippen LogP contribution in [0.25, 0.3) is 0 Å².